The zero-order valence-corrected chi connectivity index (χ0v) is 10.6. The molecule has 18 heavy (non-hydrogen) atoms. The van der Waals surface area contributed by atoms with Gasteiger partial charge in [-0.3, -0.25) is 0 Å². The molecule has 0 aliphatic heterocycles. The first kappa shape index (κ1) is 13.9. The Morgan fingerprint density at radius 1 is 1.22 bits per heavy atom. The smallest absolute Gasteiger partial charge is 0.341 e. The molecule has 0 amide bonds. The predicted octanol–water partition coefficient (Wildman–Crippen LogP) is 2.82. The minimum Gasteiger partial charge on any atom is -0.386 e. The van der Waals surface area contributed by atoms with Gasteiger partial charge >= 0.3 is 11.9 Å². The van der Waals surface area contributed by atoms with Crippen LogP contribution >= 0.6 is 0 Å². The summed E-state index contributed by atoms with van der Waals surface area (Å²) in [5.41, 5.74) is 1.61. The Hall–Kier alpha value is -2.16. The molecule has 0 aliphatic carbocycles. The van der Waals surface area contributed by atoms with Crippen LogP contribution in [0.1, 0.15) is 19.4 Å². The van der Waals surface area contributed by atoms with Gasteiger partial charge < -0.3 is 4.74 Å². The zero-order valence-electron chi connectivity index (χ0n) is 10.6. The topological polar surface area (TPSA) is 43.4 Å². The van der Waals surface area contributed by atoms with Crippen LogP contribution in [0.2, 0.25) is 0 Å². The summed E-state index contributed by atoms with van der Waals surface area (Å²) in [7, 11) is 0. The van der Waals surface area contributed by atoms with E-state index in [-0.39, 0.29) is 5.57 Å². The monoisotopic (exact) mass is 244 g/mol. The summed E-state index contributed by atoms with van der Waals surface area (Å²) < 4.78 is 4.69. The van der Waals surface area contributed by atoms with Crippen LogP contribution in [0.3, 0.4) is 0 Å². The normalized spacial score (nSPS) is 10.9. The minimum absolute atomic E-state index is 0.262. The molecule has 1 rings (SSSR count). The van der Waals surface area contributed by atoms with E-state index in [2.05, 4.69) is 6.58 Å². The molecule has 0 N–H and O–H groups in total. The summed E-state index contributed by atoms with van der Waals surface area (Å²) in [5, 5.41) is 0. The van der Waals surface area contributed by atoms with E-state index in [1.807, 2.05) is 30.3 Å². The second kappa shape index (κ2) is 6.55. The van der Waals surface area contributed by atoms with Crippen molar-refractivity contribution in [3.05, 3.63) is 59.7 Å². The fourth-order valence-corrected chi connectivity index (χ4v) is 1.27. The summed E-state index contributed by atoms with van der Waals surface area (Å²) in [4.78, 5) is 23.0. The summed E-state index contributed by atoms with van der Waals surface area (Å²) >= 11 is 0. The first-order chi connectivity index (χ1) is 8.54. The molecule has 0 heterocycles. The lowest BCUT2D eigenvalue weighted by molar-refractivity contribution is -0.154. The standard InChI is InChI=1S/C15H16O3/c1-4-11(2)14(16)18-15(17)12(3)10-13-8-6-5-7-9-13/h4-9H,3,10H2,1-2H3. The van der Waals surface area contributed by atoms with Gasteiger partial charge in [0.15, 0.2) is 0 Å². The molecule has 94 valence electrons. The number of ether oxygens (including phenoxy) is 1. The predicted molar refractivity (Wildman–Crippen MR) is 69.8 cm³/mol. The van der Waals surface area contributed by atoms with Crippen molar-refractivity contribution in [2.24, 2.45) is 0 Å². The van der Waals surface area contributed by atoms with E-state index in [0.717, 1.165) is 5.56 Å². The molecule has 0 aliphatic rings. The molecule has 0 fully saturated rings. The minimum atomic E-state index is -0.676. The number of hydrogen-bond acceptors (Lipinski definition) is 3. The van der Waals surface area contributed by atoms with Crippen LogP contribution in [0.25, 0.3) is 0 Å². The van der Waals surface area contributed by atoms with Crippen LogP contribution in [0.15, 0.2) is 54.1 Å². The summed E-state index contributed by atoms with van der Waals surface area (Å²) in [6.07, 6.45) is 1.97. The van der Waals surface area contributed by atoms with Crippen molar-refractivity contribution >= 4 is 11.9 Å². The van der Waals surface area contributed by atoms with Gasteiger partial charge in [-0.15, -0.1) is 0 Å². The molecule has 0 saturated carbocycles. The van der Waals surface area contributed by atoms with Gasteiger partial charge in [0.2, 0.25) is 0 Å². The molecule has 0 atom stereocenters. The zero-order chi connectivity index (χ0) is 13.5. The van der Waals surface area contributed by atoms with Crippen molar-refractivity contribution in [3.63, 3.8) is 0 Å². The number of hydrogen-bond donors (Lipinski definition) is 0. The van der Waals surface area contributed by atoms with Crippen molar-refractivity contribution in [2.75, 3.05) is 0 Å². The van der Waals surface area contributed by atoms with Gasteiger partial charge in [-0.25, -0.2) is 9.59 Å². The average Bonchev–Trinajstić information content (AvgIpc) is 2.38. The third-order valence-electron chi connectivity index (χ3n) is 2.49. The fourth-order valence-electron chi connectivity index (χ4n) is 1.27. The van der Waals surface area contributed by atoms with Crippen molar-refractivity contribution in [3.8, 4) is 0 Å². The van der Waals surface area contributed by atoms with Crippen LogP contribution in [-0.2, 0) is 20.7 Å². The summed E-state index contributed by atoms with van der Waals surface area (Å²) in [6.45, 7) is 6.94. The Morgan fingerprint density at radius 3 is 2.39 bits per heavy atom. The van der Waals surface area contributed by atoms with Gasteiger partial charge in [-0.05, 0) is 19.4 Å². The molecule has 3 nitrogen and oxygen atoms in total. The number of rotatable bonds is 4. The molecule has 0 spiro atoms. The van der Waals surface area contributed by atoms with Crippen LogP contribution < -0.4 is 0 Å². The van der Waals surface area contributed by atoms with E-state index in [1.54, 1.807) is 19.9 Å². The van der Waals surface area contributed by atoms with E-state index < -0.39 is 11.9 Å². The SMILES string of the molecule is C=C(Cc1ccccc1)C(=O)OC(=O)C(C)=CC. The second-order valence-corrected chi connectivity index (χ2v) is 3.91. The Bertz CT molecular complexity index is 484. The highest BCUT2D eigenvalue weighted by Crippen LogP contribution is 2.08. The van der Waals surface area contributed by atoms with Gasteiger partial charge in [0.1, 0.15) is 0 Å². The van der Waals surface area contributed by atoms with E-state index >= 15 is 0 Å². The second-order valence-electron chi connectivity index (χ2n) is 3.91. The molecule has 1 aromatic rings. The lowest BCUT2D eigenvalue weighted by atomic mass is 10.1. The van der Waals surface area contributed by atoms with Gasteiger partial charge in [-0.2, -0.15) is 0 Å². The van der Waals surface area contributed by atoms with E-state index in [0.29, 0.717) is 12.0 Å². The maximum atomic E-state index is 11.6. The lowest BCUT2D eigenvalue weighted by Gasteiger charge is -2.05. The highest BCUT2D eigenvalue weighted by molar-refractivity contribution is 6.01. The summed E-state index contributed by atoms with van der Waals surface area (Å²) in [6, 6.07) is 9.42. The number of benzene rings is 1. The lowest BCUT2D eigenvalue weighted by Crippen LogP contribution is -2.15. The van der Waals surface area contributed by atoms with Gasteiger partial charge in [0, 0.05) is 17.6 Å². The highest BCUT2D eigenvalue weighted by atomic mass is 16.6. The maximum absolute atomic E-state index is 11.6. The van der Waals surface area contributed by atoms with Crippen molar-refractivity contribution in [1.29, 1.82) is 0 Å². The van der Waals surface area contributed by atoms with Crippen LogP contribution in [0.5, 0.6) is 0 Å². The van der Waals surface area contributed by atoms with Crippen molar-refractivity contribution in [1.82, 2.24) is 0 Å². The van der Waals surface area contributed by atoms with Gasteiger partial charge in [-0.1, -0.05) is 43.0 Å². The molecular formula is C15H16O3. The summed E-state index contributed by atoms with van der Waals surface area (Å²) in [5.74, 6) is -1.30. The largest absolute Gasteiger partial charge is 0.386 e. The molecular weight excluding hydrogens is 228 g/mol. The highest BCUT2D eigenvalue weighted by Gasteiger charge is 2.15. The molecule has 0 radical (unpaired) electrons. The third kappa shape index (κ3) is 4.01. The van der Waals surface area contributed by atoms with Gasteiger partial charge in [0.25, 0.3) is 0 Å². The molecule has 1 aromatic carbocycles. The Balaban J connectivity index is 2.58. The first-order valence-electron chi connectivity index (χ1n) is 5.65. The fraction of sp³-hybridized carbons (Fsp3) is 0.200. The quantitative estimate of drug-likeness (QED) is 0.464. The van der Waals surface area contributed by atoms with Crippen LogP contribution in [0, 0.1) is 0 Å². The Morgan fingerprint density at radius 2 is 1.83 bits per heavy atom. The van der Waals surface area contributed by atoms with E-state index in [1.165, 1.54) is 0 Å². The molecule has 3 heteroatoms. The number of carbonyl (C=O) groups is 2. The maximum Gasteiger partial charge on any atom is 0.341 e. The first-order valence-corrected chi connectivity index (χ1v) is 5.65. The molecule has 0 aromatic heterocycles. The number of carbonyl (C=O) groups excluding carboxylic acids is 2. The van der Waals surface area contributed by atoms with Crippen LogP contribution in [-0.4, -0.2) is 11.9 Å². The average molecular weight is 244 g/mol. The van der Waals surface area contributed by atoms with E-state index in [4.69, 9.17) is 4.74 Å². The van der Waals surface area contributed by atoms with E-state index in [9.17, 15) is 9.59 Å². The van der Waals surface area contributed by atoms with Crippen molar-refractivity contribution in [2.45, 2.75) is 20.3 Å². The van der Waals surface area contributed by atoms with Gasteiger partial charge in [0.05, 0.1) is 0 Å². The Kier molecular flexibility index (Phi) is 5.06. The third-order valence-corrected chi connectivity index (χ3v) is 2.49. The number of allylic oxidation sites excluding steroid dienone is 1. The van der Waals surface area contributed by atoms with Crippen LogP contribution in [0.4, 0.5) is 0 Å². The number of esters is 2. The van der Waals surface area contributed by atoms with Crippen molar-refractivity contribution < 1.29 is 14.3 Å². The Labute approximate surface area is 107 Å². The molecule has 0 saturated heterocycles. The molecule has 0 unspecified atom stereocenters. The molecule has 0 bridgehead atoms.